The molecule has 0 saturated heterocycles. The maximum Gasteiger partial charge on any atom is 0.143 e. The van der Waals surface area contributed by atoms with Gasteiger partial charge >= 0.3 is 0 Å². The molecular formula is C63H45NO. The lowest BCUT2D eigenvalue weighted by molar-refractivity contribution is 0.672. The monoisotopic (exact) mass is 831 g/mol. The zero-order chi connectivity index (χ0) is 43.2. The Morgan fingerprint density at radius 2 is 1.14 bits per heavy atom. The van der Waals surface area contributed by atoms with Gasteiger partial charge in [0.2, 0.25) is 0 Å². The van der Waals surface area contributed by atoms with Crippen LogP contribution in [0.4, 0.5) is 17.1 Å². The number of hydrogen-bond donors (Lipinski definition) is 0. The molecule has 0 unspecified atom stereocenters. The first-order valence-electron chi connectivity index (χ1n) is 22.6. The largest absolute Gasteiger partial charge is 0.455 e. The number of furan rings is 1. The fourth-order valence-corrected chi connectivity index (χ4v) is 10.5. The Balaban J connectivity index is 1.10. The summed E-state index contributed by atoms with van der Waals surface area (Å²) in [6, 6.07) is 75.8. The number of rotatable bonds is 7. The Labute approximate surface area is 380 Å². The van der Waals surface area contributed by atoms with E-state index in [1.807, 2.05) is 0 Å². The molecule has 0 N–H and O–H groups in total. The molecule has 0 spiro atoms. The van der Waals surface area contributed by atoms with Crippen molar-refractivity contribution in [3.8, 4) is 22.3 Å². The Bertz CT molecular complexity index is 3510. The molecule has 0 saturated carbocycles. The number of anilines is 3. The van der Waals surface area contributed by atoms with Gasteiger partial charge in [0.25, 0.3) is 0 Å². The Hall–Kier alpha value is -8.20. The molecule has 65 heavy (non-hydrogen) atoms. The highest BCUT2D eigenvalue weighted by atomic mass is 16.3. The third-order valence-corrected chi connectivity index (χ3v) is 13.4. The molecule has 1 heterocycles. The number of fused-ring (bicyclic) bond motifs is 8. The van der Waals surface area contributed by atoms with Crippen LogP contribution < -0.4 is 4.90 Å². The van der Waals surface area contributed by atoms with E-state index in [0.717, 1.165) is 68.4 Å². The van der Waals surface area contributed by atoms with Crippen molar-refractivity contribution in [2.24, 2.45) is 0 Å². The van der Waals surface area contributed by atoms with E-state index < -0.39 is 5.41 Å². The van der Waals surface area contributed by atoms with Crippen molar-refractivity contribution in [2.45, 2.75) is 18.3 Å². The van der Waals surface area contributed by atoms with Gasteiger partial charge in [-0.05, 0) is 117 Å². The number of hydrogen-bond acceptors (Lipinski definition) is 2. The number of allylic oxidation sites excluding steroid dienone is 8. The molecule has 0 radical (unpaired) electrons. The SMILES string of the molecule is C1=C\C/C=C\C(c2cccc(N(c3ccc4c(c3)C(c3ccccc3)(c3ccccc3)c3ccccc3-4)c3ccccc3-c3ccc4oc5c6ccccc6ccc5c4c3)c2)=C/C\C=C/1. The van der Waals surface area contributed by atoms with Crippen molar-refractivity contribution in [1.29, 1.82) is 0 Å². The highest BCUT2D eigenvalue weighted by Gasteiger charge is 2.46. The summed E-state index contributed by atoms with van der Waals surface area (Å²) in [6.07, 6.45) is 17.3. The summed E-state index contributed by atoms with van der Waals surface area (Å²) in [6.45, 7) is 0. The zero-order valence-electron chi connectivity index (χ0n) is 35.9. The minimum Gasteiger partial charge on any atom is -0.455 e. The van der Waals surface area contributed by atoms with E-state index in [-0.39, 0.29) is 0 Å². The van der Waals surface area contributed by atoms with Crippen LogP contribution >= 0.6 is 0 Å². The van der Waals surface area contributed by atoms with E-state index in [4.69, 9.17) is 4.42 Å². The van der Waals surface area contributed by atoms with Gasteiger partial charge in [0, 0.05) is 33.1 Å². The van der Waals surface area contributed by atoms with Crippen LogP contribution in [-0.4, -0.2) is 0 Å². The molecule has 10 aromatic rings. The van der Waals surface area contributed by atoms with Gasteiger partial charge in [0.1, 0.15) is 11.2 Å². The maximum absolute atomic E-state index is 6.61. The Morgan fingerprint density at radius 3 is 1.98 bits per heavy atom. The second-order valence-corrected chi connectivity index (χ2v) is 17.0. The molecule has 2 aliphatic rings. The average molecular weight is 832 g/mol. The number of benzene rings is 9. The number of nitrogens with zero attached hydrogens (tertiary/aromatic N) is 1. The van der Waals surface area contributed by atoms with Gasteiger partial charge in [-0.1, -0.05) is 200 Å². The van der Waals surface area contributed by atoms with Gasteiger partial charge in [-0.15, -0.1) is 0 Å². The van der Waals surface area contributed by atoms with E-state index in [0.29, 0.717) is 0 Å². The van der Waals surface area contributed by atoms with Crippen LogP contribution in [-0.2, 0) is 5.41 Å². The van der Waals surface area contributed by atoms with Crippen LogP contribution in [0.5, 0.6) is 0 Å². The van der Waals surface area contributed by atoms with Gasteiger partial charge < -0.3 is 9.32 Å². The summed E-state index contributed by atoms with van der Waals surface area (Å²) < 4.78 is 6.61. The van der Waals surface area contributed by atoms with E-state index >= 15 is 0 Å². The zero-order valence-corrected chi connectivity index (χ0v) is 35.9. The van der Waals surface area contributed by atoms with Crippen LogP contribution in [0.25, 0.3) is 60.5 Å². The molecule has 12 rings (SSSR count). The standard InChI is InChI=1S/C63H45NO/c1-2-4-8-21-44(22-9-5-3-1)46-24-20-29-50(41-46)64(60-34-19-17-30-52(60)47-36-40-61-57(42-47)56-38-35-45-23-14-15-31-53(45)62(56)65-61)51-37-39-55-54-32-16-18-33-58(54)63(59(55)43-51,48-25-10-6-11-26-48)49-27-12-7-13-28-49/h1-4,6-7,9-43H,5,8H2/b3-1-,4-2-,22-9-,44-21+. The Morgan fingerprint density at radius 1 is 0.431 bits per heavy atom. The minimum absolute atomic E-state index is 0.539. The first kappa shape index (κ1) is 38.5. The number of para-hydroxylation sites is 1. The average Bonchev–Trinajstić information content (AvgIpc) is 3.90. The first-order chi connectivity index (χ1) is 32.3. The van der Waals surface area contributed by atoms with E-state index in [1.54, 1.807) is 0 Å². The summed E-state index contributed by atoms with van der Waals surface area (Å²) in [5, 5.41) is 4.53. The Kier molecular flexibility index (Phi) is 9.57. The minimum atomic E-state index is -0.539. The van der Waals surface area contributed by atoms with E-state index in [9.17, 15) is 0 Å². The smallest absolute Gasteiger partial charge is 0.143 e. The molecule has 9 aromatic carbocycles. The summed E-state index contributed by atoms with van der Waals surface area (Å²) in [5.41, 5.74) is 16.7. The van der Waals surface area contributed by atoms with Crippen LogP contribution in [0.3, 0.4) is 0 Å². The van der Waals surface area contributed by atoms with Gasteiger partial charge in [-0.2, -0.15) is 0 Å². The van der Waals surface area contributed by atoms with Crippen molar-refractivity contribution in [3.05, 3.63) is 277 Å². The summed E-state index contributed by atoms with van der Waals surface area (Å²) >= 11 is 0. The molecule has 0 aliphatic heterocycles. The molecule has 0 bridgehead atoms. The molecule has 2 aliphatic carbocycles. The quantitative estimate of drug-likeness (QED) is 0.159. The predicted octanol–water partition coefficient (Wildman–Crippen LogP) is 17.1. The normalized spacial score (nSPS) is 16.3. The molecule has 308 valence electrons. The van der Waals surface area contributed by atoms with Gasteiger partial charge in [-0.25, -0.2) is 0 Å². The second kappa shape index (κ2) is 16.2. The van der Waals surface area contributed by atoms with Crippen molar-refractivity contribution in [1.82, 2.24) is 0 Å². The molecule has 2 nitrogen and oxygen atoms in total. The summed E-state index contributed by atoms with van der Waals surface area (Å²) in [4.78, 5) is 2.47. The van der Waals surface area contributed by atoms with E-state index in [1.165, 1.54) is 49.9 Å². The van der Waals surface area contributed by atoms with Crippen molar-refractivity contribution < 1.29 is 4.42 Å². The lowest BCUT2D eigenvalue weighted by Crippen LogP contribution is -2.28. The molecule has 0 amide bonds. The van der Waals surface area contributed by atoms with Crippen LogP contribution in [0.15, 0.2) is 253 Å². The lowest BCUT2D eigenvalue weighted by atomic mass is 9.67. The van der Waals surface area contributed by atoms with Gasteiger partial charge in [0.15, 0.2) is 0 Å². The lowest BCUT2D eigenvalue weighted by Gasteiger charge is -2.35. The molecule has 1 aromatic heterocycles. The molecule has 2 heteroatoms. The van der Waals surface area contributed by atoms with Crippen molar-refractivity contribution >= 4 is 55.3 Å². The van der Waals surface area contributed by atoms with Crippen LogP contribution in [0, 0.1) is 0 Å². The summed E-state index contributed by atoms with van der Waals surface area (Å²) in [5.74, 6) is 0. The first-order valence-corrected chi connectivity index (χ1v) is 22.6. The highest BCUT2D eigenvalue weighted by Crippen LogP contribution is 2.57. The predicted molar refractivity (Wildman–Crippen MR) is 273 cm³/mol. The second-order valence-electron chi connectivity index (χ2n) is 17.0. The van der Waals surface area contributed by atoms with Crippen molar-refractivity contribution in [3.63, 3.8) is 0 Å². The fraction of sp³-hybridized carbons (Fsp3) is 0.0476. The van der Waals surface area contributed by atoms with Gasteiger partial charge in [0.05, 0.1) is 11.1 Å². The van der Waals surface area contributed by atoms with E-state index in [2.05, 4.69) is 254 Å². The van der Waals surface area contributed by atoms with Crippen LogP contribution in [0.1, 0.15) is 40.7 Å². The highest BCUT2D eigenvalue weighted by molar-refractivity contribution is 6.15. The third-order valence-electron chi connectivity index (χ3n) is 13.4. The third kappa shape index (κ3) is 6.49. The van der Waals surface area contributed by atoms with Crippen molar-refractivity contribution in [2.75, 3.05) is 4.90 Å². The molecule has 0 atom stereocenters. The van der Waals surface area contributed by atoms with Gasteiger partial charge in [-0.3, -0.25) is 0 Å². The topological polar surface area (TPSA) is 16.4 Å². The maximum atomic E-state index is 6.61. The van der Waals surface area contributed by atoms with Crippen LogP contribution in [0.2, 0.25) is 0 Å². The molecular weight excluding hydrogens is 787 g/mol. The summed E-state index contributed by atoms with van der Waals surface area (Å²) in [7, 11) is 0. The molecule has 0 fully saturated rings. The fourth-order valence-electron chi connectivity index (χ4n) is 10.5.